The molecule has 0 saturated heterocycles. The van der Waals surface area contributed by atoms with Crippen molar-refractivity contribution in [1.29, 1.82) is 0 Å². The van der Waals surface area contributed by atoms with E-state index in [1.54, 1.807) is 20.8 Å². The second-order valence-corrected chi connectivity index (χ2v) is 7.32. The molecule has 0 bridgehead atoms. The highest BCUT2D eigenvalue weighted by Gasteiger charge is 2.25. The van der Waals surface area contributed by atoms with Gasteiger partial charge < -0.3 is 9.72 Å². The topological polar surface area (TPSA) is 62.4 Å². The molecular weight excluding hydrogens is 360 g/mol. The predicted octanol–water partition coefficient (Wildman–Crippen LogP) is 4.26. The zero-order valence-corrected chi connectivity index (χ0v) is 15.4. The molecule has 1 heterocycles. The van der Waals surface area contributed by atoms with Crippen LogP contribution in [0.1, 0.15) is 33.3 Å². The van der Waals surface area contributed by atoms with Gasteiger partial charge in [0.2, 0.25) is 5.91 Å². The molecule has 0 spiro atoms. The van der Waals surface area contributed by atoms with Crippen LogP contribution in [0.4, 0.5) is 4.79 Å². The van der Waals surface area contributed by atoms with Gasteiger partial charge in [0.25, 0.3) is 0 Å². The third-order valence-corrected chi connectivity index (χ3v) is 3.82. The zero-order chi connectivity index (χ0) is 17.2. The Morgan fingerprint density at radius 1 is 1.30 bits per heavy atom. The molecule has 2 rings (SSSR count). The minimum absolute atomic E-state index is 0.281. The molecule has 0 fully saturated rings. The first kappa shape index (κ1) is 17.5. The van der Waals surface area contributed by atoms with Gasteiger partial charge in [0, 0.05) is 35.0 Å². The maximum absolute atomic E-state index is 12.1. The van der Waals surface area contributed by atoms with Crippen molar-refractivity contribution >= 4 is 38.8 Å². The molecule has 0 saturated carbocycles. The van der Waals surface area contributed by atoms with Gasteiger partial charge in [-0.2, -0.15) is 0 Å². The van der Waals surface area contributed by atoms with Gasteiger partial charge in [-0.15, -0.1) is 0 Å². The van der Waals surface area contributed by atoms with E-state index in [1.165, 1.54) is 6.92 Å². The van der Waals surface area contributed by atoms with E-state index in [-0.39, 0.29) is 12.5 Å². The molecule has 2 aromatic rings. The number of fused-ring (bicyclic) bond motifs is 1. The van der Waals surface area contributed by atoms with Crippen LogP contribution in [0, 0.1) is 0 Å². The number of imide groups is 1. The molecule has 2 amide bonds. The average molecular weight is 381 g/mol. The number of nitrogens with one attached hydrogen (secondary N) is 1. The molecule has 1 aromatic heterocycles. The van der Waals surface area contributed by atoms with Crippen molar-refractivity contribution in [2.75, 3.05) is 6.54 Å². The summed E-state index contributed by atoms with van der Waals surface area (Å²) in [6.07, 6.45) is 1.87. The largest absolute Gasteiger partial charge is 0.443 e. The molecule has 6 heteroatoms. The van der Waals surface area contributed by atoms with Crippen molar-refractivity contribution in [3.63, 3.8) is 0 Å². The minimum atomic E-state index is -0.629. The number of carbonyl (C=O) groups excluding carboxylic acids is 2. The lowest BCUT2D eigenvalue weighted by atomic mass is 10.1. The van der Waals surface area contributed by atoms with E-state index in [1.807, 2.05) is 24.4 Å². The molecule has 0 aliphatic rings. The van der Waals surface area contributed by atoms with E-state index in [0.29, 0.717) is 6.42 Å². The van der Waals surface area contributed by atoms with Crippen molar-refractivity contribution < 1.29 is 14.3 Å². The van der Waals surface area contributed by atoms with Crippen molar-refractivity contribution in [3.8, 4) is 0 Å². The fraction of sp³-hybridized carbons (Fsp3) is 0.412. The number of H-pyrrole nitrogens is 1. The summed E-state index contributed by atoms with van der Waals surface area (Å²) in [5, 5.41) is 1.08. The maximum atomic E-state index is 12.1. The van der Waals surface area contributed by atoms with Gasteiger partial charge in [-0.25, -0.2) is 9.69 Å². The number of halogens is 1. The third kappa shape index (κ3) is 4.58. The smallest absolute Gasteiger partial charge is 0.417 e. The second-order valence-electron chi connectivity index (χ2n) is 6.40. The van der Waals surface area contributed by atoms with E-state index in [4.69, 9.17) is 4.74 Å². The fourth-order valence-electron chi connectivity index (χ4n) is 2.28. The van der Waals surface area contributed by atoms with Crippen LogP contribution in [0.15, 0.2) is 28.9 Å². The highest BCUT2D eigenvalue weighted by molar-refractivity contribution is 9.10. The maximum Gasteiger partial charge on any atom is 0.417 e. The Morgan fingerprint density at radius 2 is 2.00 bits per heavy atom. The van der Waals surface area contributed by atoms with E-state index in [2.05, 4.69) is 20.9 Å². The van der Waals surface area contributed by atoms with E-state index in [0.717, 1.165) is 25.8 Å². The van der Waals surface area contributed by atoms with Crippen molar-refractivity contribution in [2.45, 2.75) is 39.7 Å². The standard InChI is InChI=1S/C17H21BrN2O3/c1-11(21)20(16(22)23-17(2,3)4)8-7-12-10-19-15-6-5-13(18)9-14(12)15/h5-6,9-10,19H,7-8H2,1-4H3. The number of aromatic nitrogens is 1. The summed E-state index contributed by atoms with van der Waals surface area (Å²) in [6.45, 7) is 6.99. The Bertz CT molecular complexity index is 731. The molecule has 124 valence electrons. The summed E-state index contributed by atoms with van der Waals surface area (Å²) in [4.78, 5) is 28.2. The Kier molecular flexibility index (Phi) is 5.14. The fourth-order valence-corrected chi connectivity index (χ4v) is 2.65. The van der Waals surface area contributed by atoms with Gasteiger partial charge in [0.1, 0.15) is 5.60 Å². The summed E-state index contributed by atoms with van der Waals surface area (Å²) >= 11 is 3.46. The van der Waals surface area contributed by atoms with Crippen LogP contribution in [0.25, 0.3) is 10.9 Å². The van der Waals surface area contributed by atoms with E-state index < -0.39 is 11.7 Å². The van der Waals surface area contributed by atoms with E-state index >= 15 is 0 Å². The molecule has 23 heavy (non-hydrogen) atoms. The SMILES string of the molecule is CC(=O)N(CCc1c[nH]c2ccc(Br)cc12)C(=O)OC(C)(C)C. The lowest BCUT2D eigenvalue weighted by Gasteiger charge is -2.25. The average Bonchev–Trinajstić information content (AvgIpc) is 2.79. The summed E-state index contributed by atoms with van der Waals surface area (Å²) in [7, 11) is 0. The molecule has 0 aliphatic carbocycles. The molecule has 0 atom stereocenters. The van der Waals surface area contributed by atoms with Crippen molar-refractivity contribution in [3.05, 3.63) is 34.4 Å². The second kappa shape index (κ2) is 6.74. The first-order valence-corrected chi connectivity index (χ1v) is 8.23. The van der Waals surface area contributed by atoms with Gasteiger partial charge >= 0.3 is 6.09 Å². The summed E-state index contributed by atoms with van der Waals surface area (Å²) in [5.74, 6) is -0.319. The quantitative estimate of drug-likeness (QED) is 0.864. The zero-order valence-electron chi connectivity index (χ0n) is 13.8. The van der Waals surface area contributed by atoms with Gasteiger partial charge in [-0.1, -0.05) is 15.9 Å². The number of hydrogen-bond donors (Lipinski definition) is 1. The van der Waals surface area contributed by atoms with Crippen LogP contribution in [-0.2, 0) is 16.0 Å². The Labute approximate surface area is 144 Å². The number of benzene rings is 1. The Hall–Kier alpha value is -1.82. The third-order valence-electron chi connectivity index (χ3n) is 3.33. The van der Waals surface area contributed by atoms with Gasteiger partial charge in [0.15, 0.2) is 0 Å². The molecular formula is C17H21BrN2O3. The minimum Gasteiger partial charge on any atom is -0.443 e. The predicted molar refractivity (Wildman–Crippen MR) is 93.3 cm³/mol. The number of ether oxygens (including phenoxy) is 1. The lowest BCUT2D eigenvalue weighted by molar-refractivity contribution is -0.128. The number of aromatic amines is 1. The Morgan fingerprint density at radius 3 is 2.61 bits per heavy atom. The first-order valence-electron chi connectivity index (χ1n) is 7.44. The van der Waals surface area contributed by atoms with Crippen molar-refractivity contribution in [2.24, 2.45) is 0 Å². The lowest BCUT2D eigenvalue weighted by Crippen LogP contribution is -2.40. The number of carbonyl (C=O) groups is 2. The number of amides is 2. The molecule has 1 aromatic carbocycles. The van der Waals surface area contributed by atoms with Gasteiger partial charge in [0.05, 0.1) is 0 Å². The molecule has 1 N–H and O–H groups in total. The van der Waals surface area contributed by atoms with Crippen LogP contribution in [0.3, 0.4) is 0 Å². The summed E-state index contributed by atoms with van der Waals surface area (Å²) < 4.78 is 6.28. The number of rotatable bonds is 3. The summed E-state index contributed by atoms with van der Waals surface area (Å²) in [5.41, 5.74) is 1.45. The highest BCUT2D eigenvalue weighted by Crippen LogP contribution is 2.23. The number of nitrogens with zero attached hydrogens (tertiary/aromatic N) is 1. The van der Waals surface area contributed by atoms with Crippen LogP contribution >= 0.6 is 15.9 Å². The van der Waals surface area contributed by atoms with Crippen LogP contribution in [0.2, 0.25) is 0 Å². The molecule has 0 unspecified atom stereocenters. The first-order chi connectivity index (χ1) is 10.7. The van der Waals surface area contributed by atoms with Crippen LogP contribution in [0.5, 0.6) is 0 Å². The molecule has 0 aliphatic heterocycles. The highest BCUT2D eigenvalue weighted by atomic mass is 79.9. The summed E-state index contributed by atoms with van der Waals surface area (Å²) in [6, 6.07) is 5.97. The normalized spacial score (nSPS) is 11.5. The molecule has 0 radical (unpaired) electrons. The van der Waals surface area contributed by atoms with Gasteiger partial charge in [-0.05, 0) is 51.0 Å². The van der Waals surface area contributed by atoms with Crippen LogP contribution in [-0.4, -0.2) is 34.0 Å². The van der Waals surface area contributed by atoms with E-state index in [9.17, 15) is 9.59 Å². The van der Waals surface area contributed by atoms with Crippen LogP contribution < -0.4 is 0 Å². The van der Waals surface area contributed by atoms with Gasteiger partial charge in [-0.3, -0.25) is 4.79 Å². The number of hydrogen-bond acceptors (Lipinski definition) is 3. The van der Waals surface area contributed by atoms with Crippen molar-refractivity contribution in [1.82, 2.24) is 9.88 Å². The molecule has 5 nitrogen and oxygen atoms in total. The monoisotopic (exact) mass is 380 g/mol. The Balaban J connectivity index is 2.13.